The van der Waals surface area contributed by atoms with Crippen molar-refractivity contribution in [1.29, 1.82) is 0 Å². The van der Waals surface area contributed by atoms with Crippen molar-refractivity contribution in [3.8, 4) is 0 Å². The summed E-state index contributed by atoms with van der Waals surface area (Å²) in [6.07, 6.45) is 2.22. The van der Waals surface area contributed by atoms with Crippen molar-refractivity contribution in [3.63, 3.8) is 0 Å². The van der Waals surface area contributed by atoms with Crippen LogP contribution in [0.15, 0.2) is 18.2 Å². The normalized spacial score (nSPS) is 13.5. The SMILES string of the molecule is CCS(=O)(=O)CCCC(N)Cc1ccc(C)c(C)c1. The number of hydrogen-bond donors (Lipinski definition) is 1. The molecule has 0 saturated carbocycles. The lowest BCUT2D eigenvalue weighted by atomic mass is 9.99. The predicted molar refractivity (Wildman–Crippen MR) is 81.2 cm³/mol. The standard InChI is InChI=1S/C15H25NO2S/c1-4-19(17,18)9-5-6-15(16)11-14-8-7-12(2)13(3)10-14/h7-8,10,15H,4-6,9,11,16H2,1-3H3. The van der Waals surface area contributed by atoms with Crippen LogP contribution in [0.1, 0.15) is 36.5 Å². The van der Waals surface area contributed by atoms with Gasteiger partial charge in [0.2, 0.25) is 0 Å². The molecule has 0 aliphatic rings. The Balaban J connectivity index is 2.43. The highest BCUT2D eigenvalue weighted by Gasteiger charge is 2.10. The number of benzene rings is 1. The molecule has 3 nitrogen and oxygen atoms in total. The molecule has 0 spiro atoms. The Labute approximate surface area is 117 Å². The van der Waals surface area contributed by atoms with Crippen LogP contribution in [0.3, 0.4) is 0 Å². The maximum absolute atomic E-state index is 11.4. The lowest BCUT2D eigenvalue weighted by Gasteiger charge is -2.12. The van der Waals surface area contributed by atoms with Crippen molar-refractivity contribution in [2.45, 2.75) is 46.1 Å². The van der Waals surface area contributed by atoms with Gasteiger partial charge in [0, 0.05) is 11.8 Å². The second-order valence-electron chi connectivity index (χ2n) is 5.26. The van der Waals surface area contributed by atoms with E-state index in [1.807, 2.05) is 0 Å². The average Bonchev–Trinajstić information content (AvgIpc) is 2.33. The maximum atomic E-state index is 11.4. The molecule has 19 heavy (non-hydrogen) atoms. The fraction of sp³-hybridized carbons (Fsp3) is 0.600. The topological polar surface area (TPSA) is 60.2 Å². The van der Waals surface area contributed by atoms with Crippen molar-refractivity contribution in [3.05, 3.63) is 34.9 Å². The van der Waals surface area contributed by atoms with Gasteiger partial charge in [0.05, 0.1) is 5.75 Å². The third-order valence-corrected chi connectivity index (χ3v) is 5.33. The van der Waals surface area contributed by atoms with Crippen LogP contribution in [0.2, 0.25) is 0 Å². The summed E-state index contributed by atoms with van der Waals surface area (Å²) in [4.78, 5) is 0. The summed E-state index contributed by atoms with van der Waals surface area (Å²) in [6.45, 7) is 5.87. The molecule has 0 heterocycles. The van der Waals surface area contributed by atoms with Crippen LogP contribution >= 0.6 is 0 Å². The molecule has 1 rings (SSSR count). The van der Waals surface area contributed by atoms with Gasteiger partial charge in [-0.25, -0.2) is 8.42 Å². The highest BCUT2D eigenvalue weighted by atomic mass is 32.2. The zero-order valence-corrected chi connectivity index (χ0v) is 13.0. The van der Waals surface area contributed by atoms with E-state index in [1.54, 1.807) is 6.92 Å². The summed E-state index contributed by atoms with van der Waals surface area (Å²) in [7, 11) is -2.86. The minimum Gasteiger partial charge on any atom is -0.327 e. The third kappa shape index (κ3) is 5.74. The van der Waals surface area contributed by atoms with E-state index in [2.05, 4.69) is 32.0 Å². The van der Waals surface area contributed by atoms with Gasteiger partial charge < -0.3 is 5.73 Å². The zero-order chi connectivity index (χ0) is 14.5. The predicted octanol–water partition coefficient (Wildman–Crippen LogP) is 2.39. The van der Waals surface area contributed by atoms with Crippen LogP contribution < -0.4 is 5.73 Å². The second-order valence-corrected chi connectivity index (χ2v) is 7.73. The minimum absolute atomic E-state index is 0.0363. The van der Waals surface area contributed by atoms with Crippen molar-refractivity contribution in [2.75, 3.05) is 11.5 Å². The fourth-order valence-corrected chi connectivity index (χ4v) is 2.94. The molecule has 4 heteroatoms. The van der Waals surface area contributed by atoms with E-state index in [-0.39, 0.29) is 17.5 Å². The zero-order valence-electron chi connectivity index (χ0n) is 12.1. The van der Waals surface area contributed by atoms with E-state index < -0.39 is 9.84 Å². The van der Waals surface area contributed by atoms with Gasteiger partial charge in [-0.2, -0.15) is 0 Å². The summed E-state index contributed by atoms with van der Waals surface area (Å²) in [6, 6.07) is 6.41. The molecule has 0 aliphatic carbocycles. The molecule has 108 valence electrons. The van der Waals surface area contributed by atoms with Crippen LogP contribution in [-0.4, -0.2) is 26.0 Å². The molecular weight excluding hydrogens is 258 g/mol. The van der Waals surface area contributed by atoms with Gasteiger partial charge in [-0.15, -0.1) is 0 Å². The van der Waals surface area contributed by atoms with Crippen molar-refractivity contribution in [2.24, 2.45) is 5.73 Å². The highest BCUT2D eigenvalue weighted by molar-refractivity contribution is 7.91. The Kier molecular flexibility index (Phi) is 6.01. The first kappa shape index (κ1) is 16.2. The number of sulfone groups is 1. The monoisotopic (exact) mass is 283 g/mol. The highest BCUT2D eigenvalue weighted by Crippen LogP contribution is 2.12. The lowest BCUT2D eigenvalue weighted by Crippen LogP contribution is -2.24. The largest absolute Gasteiger partial charge is 0.327 e. The smallest absolute Gasteiger partial charge is 0.150 e. The van der Waals surface area contributed by atoms with E-state index in [4.69, 9.17) is 5.73 Å². The van der Waals surface area contributed by atoms with Gasteiger partial charge in [0.25, 0.3) is 0 Å². The Morgan fingerprint density at radius 2 is 1.89 bits per heavy atom. The van der Waals surface area contributed by atoms with Gasteiger partial charge in [0.15, 0.2) is 0 Å². The first-order valence-electron chi connectivity index (χ1n) is 6.86. The Morgan fingerprint density at radius 3 is 2.47 bits per heavy atom. The maximum Gasteiger partial charge on any atom is 0.150 e. The van der Waals surface area contributed by atoms with E-state index in [9.17, 15) is 8.42 Å². The molecular formula is C15H25NO2S. The second kappa shape index (κ2) is 7.06. The van der Waals surface area contributed by atoms with E-state index in [1.165, 1.54) is 16.7 Å². The fourth-order valence-electron chi connectivity index (χ4n) is 2.05. The number of rotatable bonds is 7. The van der Waals surface area contributed by atoms with E-state index in [0.717, 1.165) is 12.8 Å². The summed E-state index contributed by atoms with van der Waals surface area (Å²) in [5.74, 6) is 0.476. The summed E-state index contributed by atoms with van der Waals surface area (Å²) < 4.78 is 22.8. The quantitative estimate of drug-likeness (QED) is 0.836. The molecule has 1 aromatic carbocycles. The van der Waals surface area contributed by atoms with Crippen LogP contribution in [0, 0.1) is 13.8 Å². The number of aryl methyl sites for hydroxylation is 2. The summed E-state index contributed by atoms with van der Waals surface area (Å²) in [5.41, 5.74) is 9.86. The van der Waals surface area contributed by atoms with E-state index in [0.29, 0.717) is 6.42 Å². The first-order chi connectivity index (χ1) is 8.84. The van der Waals surface area contributed by atoms with Crippen molar-refractivity contribution < 1.29 is 8.42 Å². The van der Waals surface area contributed by atoms with Gasteiger partial charge in [-0.3, -0.25) is 0 Å². The molecule has 1 aromatic rings. The average molecular weight is 283 g/mol. The summed E-state index contributed by atoms with van der Waals surface area (Å²) >= 11 is 0. The lowest BCUT2D eigenvalue weighted by molar-refractivity contribution is 0.574. The minimum atomic E-state index is -2.86. The molecule has 0 fully saturated rings. The van der Waals surface area contributed by atoms with Gasteiger partial charge >= 0.3 is 0 Å². The Hall–Kier alpha value is -0.870. The van der Waals surface area contributed by atoms with Gasteiger partial charge in [-0.1, -0.05) is 25.1 Å². The molecule has 0 aromatic heterocycles. The number of hydrogen-bond acceptors (Lipinski definition) is 3. The van der Waals surface area contributed by atoms with Crippen molar-refractivity contribution in [1.82, 2.24) is 0 Å². The molecule has 0 amide bonds. The molecule has 0 bridgehead atoms. The molecule has 1 unspecified atom stereocenters. The van der Waals surface area contributed by atoms with Crippen LogP contribution in [0.25, 0.3) is 0 Å². The third-order valence-electron chi connectivity index (χ3n) is 3.54. The molecule has 0 radical (unpaired) electrons. The molecule has 2 N–H and O–H groups in total. The molecule has 0 aliphatic heterocycles. The first-order valence-corrected chi connectivity index (χ1v) is 8.68. The van der Waals surface area contributed by atoms with Crippen LogP contribution in [0.4, 0.5) is 0 Å². The Morgan fingerprint density at radius 1 is 1.21 bits per heavy atom. The van der Waals surface area contributed by atoms with Gasteiger partial charge in [0.1, 0.15) is 9.84 Å². The number of nitrogens with two attached hydrogens (primary N) is 1. The molecule has 0 saturated heterocycles. The van der Waals surface area contributed by atoms with Crippen LogP contribution in [0.5, 0.6) is 0 Å². The van der Waals surface area contributed by atoms with Crippen LogP contribution in [-0.2, 0) is 16.3 Å². The van der Waals surface area contributed by atoms with Crippen molar-refractivity contribution >= 4 is 9.84 Å². The van der Waals surface area contributed by atoms with E-state index >= 15 is 0 Å². The Bertz CT molecular complexity index is 509. The molecule has 1 atom stereocenters. The summed E-state index contributed by atoms with van der Waals surface area (Å²) in [5, 5.41) is 0. The van der Waals surface area contributed by atoms with Gasteiger partial charge in [-0.05, 0) is 49.8 Å².